The van der Waals surface area contributed by atoms with Gasteiger partial charge in [0.05, 0.1) is 0 Å². The Hall–Kier alpha value is -3.81. The highest BCUT2D eigenvalue weighted by Crippen LogP contribution is 2.21. The van der Waals surface area contributed by atoms with E-state index in [-0.39, 0.29) is 18.3 Å². The lowest BCUT2D eigenvalue weighted by molar-refractivity contribution is -0.121. The van der Waals surface area contributed by atoms with Crippen molar-refractivity contribution >= 4 is 5.91 Å². The molecule has 29 heavy (non-hydrogen) atoms. The largest absolute Gasteiger partial charge is 0.350 e. The van der Waals surface area contributed by atoms with E-state index in [1.54, 1.807) is 29.8 Å². The van der Waals surface area contributed by atoms with Crippen LogP contribution >= 0.6 is 0 Å². The number of halogens is 1. The molecular weight excluding hydrogens is 373 g/mol. The summed E-state index contributed by atoms with van der Waals surface area (Å²) in [5.41, 5.74) is 2.17. The van der Waals surface area contributed by atoms with E-state index in [4.69, 9.17) is 4.52 Å². The molecule has 1 N–H and O–H groups in total. The van der Waals surface area contributed by atoms with E-state index in [0.717, 1.165) is 11.1 Å². The molecule has 1 amide bonds. The first-order chi connectivity index (χ1) is 14.1. The maximum atomic E-state index is 12.9. The van der Waals surface area contributed by atoms with Gasteiger partial charge in [-0.15, -0.1) is 0 Å². The molecule has 2 heterocycles. The molecule has 0 atom stereocenters. The average molecular weight is 391 g/mol. The minimum Gasteiger partial charge on any atom is -0.350 e. The molecule has 0 unspecified atom stereocenters. The molecule has 2 aromatic carbocycles. The van der Waals surface area contributed by atoms with Crippen molar-refractivity contribution in [2.45, 2.75) is 20.0 Å². The van der Waals surface area contributed by atoms with Gasteiger partial charge in [0.2, 0.25) is 11.7 Å². The van der Waals surface area contributed by atoms with Crippen LogP contribution in [0.3, 0.4) is 0 Å². The van der Waals surface area contributed by atoms with E-state index in [2.05, 4.69) is 20.4 Å². The standard InChI is InChI=1S/C21H18FN5O2/c1-14-24-18(20-25-21(29-26-20)16-5-3-2-4-6-16)12-27(14)13-19(28)23-11-15-7-9-17(22)10-8-15/h2-10,12H,11,13H2,1H3,(H,23,28). The van der Waals surface area contributed by atoms with Crippen molar-refractivity contribution in [3.63, 3.8) is 0 Å². The summed E-state index contributed by atoms with van der Waals surface area (Å²) < 4.78 is 20.0. The van der Waals surface area contributed by atoms with E-state index in [9.17, 15) is 9.18 Å². The molecule has 0 saturated carbocycles. The van der Waals surface area contributed by atoms with Gasteiger partial charge in [0.1, 0.15) is 23.9 Å². The minimum atomic E-state index is -0.307. The normalized spacial score (nSPS) is 10.8. The van der Waals surface area contributed by atoms with Crippen LogP contribution in [0.2, 0.25) is 0 Å². The lowest BCUT2D eigenvalue weighted by Gasteiger charge is -2.07. The van der Waals surface area contributed by atoms with Crippen LogP contribution in [0.15, 0.2) is 65.3 Å². The molecule has 7 nitrogen and oxygen atoms in total. The topological polar surface area (TPSA) is 85.8 Å². The molecule has 8 heteroatoms. The van der Waals surface area contributed by atoms with Gasteiger partial charge in [0, 0.05) is 18.3 Å². The number of carbonyl (C=O) groups is 1. The summed E-state index contributed by atoms with van der Waals surface area (Å²) in [6.07, 6.45) is 1.71. The number of benzene rings is 2. The highest BCUT2D eigenvalue weighted by molar-refractivity contribution is 5.76. The molecule has 0 spiro atoms. The highest BCUT2D eigenvalue weighted by Gasteiger charge is 2.15. The van der Waals surface area contributed by atoms with E-state index < -0.39 is 0 Å². The quantitative estimate of drug-likeness (QED) is 0.545. The van der Waals surface area contributed by atoms with Gasteiger partial charge in [0.25, 0.3) is 5.89 Å². The van der Waals surface area contributed by atoms with Crippen LogP contribution in [0, 0.1) is 12.7 Å². The van der Waals surface area contributed by atoms with Crippen LogP contribution in [-0.4, -0.2) is 25.6 Å². The zero-order valence-electron chi connectivity index (χ0n) is 15.7. The maximum absolute atomic E-state index is 12.9. The second-order valence-electron chi connectivity index (χ2n) is 6.49. The maximum Gasteiger partial charge on any atom is 0.258 e. The lowest BCUT2D eigenvalue weighted by atomic mass is 10.2. The summed E-state index contributed by atoms with van der Waals surface area (Å²) in [5, 5.41) is 6.80. The van der Waals surface area contributed by atoms with Crippen molar-refractivity contribution < 1.29 is 13.7 Å². The molecule has 4 rings (SSSR count). The molecule has 0 radical (unpaired) electrons. The monoisotopic (exact) mass is 391 g/mol. The first kappa shape index (κ1) is 18.5. The molecule has 2 aromatic heterocycles. The summed E-state index contributed by atoms with van der Waals surface area (Å²) in [7, 11) is 0. The molecule has 4 aromatic rings. The Labute approximate surface area is 166 Å². The smallest absolute Gasteiger partial charge is 0.258 e. The molecule has 0 fully saturated rings. The van der Waals surface area contributed by atoms with Gasteiger partial charge in [0.15, 0.2) is 0 Å². The number of nitrogens with zero attached hydrogens (tertiary/aromatic N) is 4. The number of rotatable bonds is 6. The number of aryl methyl sites for hydroxylation is 1. The molecular formula is C21H18FN5O2. The zero-order chi connectivity index (χ0) is 20.2. The van der Waals surface area contributed by atoms with Crippen molar-refractivity contribution in [3.05, 3.63) is 78.0 Å². The summed E-state index contributed by atoms with van der Waals surface area (Å²) >= 11 is 0. The van der Waals surface area contributed by atoms with Crippen molar-refractivity contribution in [1.29, 1.82) is 0 Å². The fourth-order valence-electron chi connectivity index (χ4n) is 2.82. The van der Waals surface area contributed by atoms with E-state index in [0.29, 0.717) is 29.8 Å². The van der Waals surface area contributed by atoms with Gasteiger partial charge in [-0.3, -0.25) is 4.79 Å². The van der Waals surface area contributed by atoms with E-state index in [1.165, 1.54) is 12.1 Å². The van der Waals surface area contributed by atoms with Gasteiger partial charge < -0.3 is 14.4 Å². The number of amides is 1. The lowest BCUT2D eigenvalue weighted by Crippen LogP contribution is -2.27. The van der Waals surface area contributed by atoms with Crippen LogP contribution in [0.5, 0.6) is 0 Å². The first-order valence-electron chi connectivity index (χ1n) is 9.03. The number of nitrogens with one attached hydrogen (secondary N) is 1. The Morgan fingerprint density at radius 1 is 1.10 bits per heavy atom. The van der Waals surface area contributed by atoms with Gasteiger partial charge in [-0.05, 0) is 36.8 Å². The summed E-state index contributed by atoms with van der Waals surface area (Å²) in [6, 6.07) is 15.5. The predicted octanol–water partition coefficient (Wildman–Crippen LogP) is 3.36. The molecule has 0 bridgehead atoms. The third-order valence-electron chi connectivity index (χ3n) is 4.37. The van der Waals surface area contributed by atoms with E-state index in [1.807, 2.05) is 30.3 Å². The first-order valence-corrected chi connectivity index (χ1v) is 9.03. The third-order valence-corrected chi connectivity index (χ3v) is 4.37. The number of hydrogen-bond donors (Lipinski definition) is 1. The number of imidazole rings is 1. The number of hydrogen-bond acceptors (Lipinski definition) is 5. The van der Waals surface area contributed by atoms with Crippen molar-refractivity contribution in [2.75, 3.05) is 0 Å². The molecule has 0 saturated heterocycles. The van der Waals surface area contributed by atoms with Gasteiger partial charge in [-0.25, -0.2) is 9.37 Å². The SMILES string of the molecule is Cc1nc(-c2noc(-c3ccccc3)n2)cn1CC(=O)NCc1ccc(F)cc1. The fourth-order valence-corrected chi connectivity index (χ4v) is 2.82. The Bertz CT molecular complexity index is 1120. The average Bonchev–Trinajstić information content (AvgIpc) is 3.36. The van der Waals surface area contributed by atoms with E-state index >= 15 is 0 Å². The highest BCUT2D eigenvalue weighted by atomic mass is 19.1. The molecule has 0 aliphatic carbocycles. The number of aromatic nitrogens is 4. The van der Waals surface area contributed by atoms with Crippen molar-refractivity contribution in [2.24, 2.45) is 0 Å². The molecule has 0 aliphatic heterocycles. The Kier molecular flexibility index (Phi) is 5.15. The van der Waals surface area contributed by atoms with Gasteiger partial charge in [-0.2, -0.15) is 4.98 Å². The van der Waals surface area contributed by atoms with Gasteiger partial charge >= 0.3 is 0 Å². The third kappa shape index (κ3) is 4.37. The Morgan fingerprint density at radius 2 is 1.86 bits per heavy atom. The molecule has 146 valence electrons. The minimum absolute atomic E-state index is 0.101. The predicted molar refractivity (Wildman–Crippen MR) is 104 cm³/mol. The summed E-state index contributed by atoms with van der Waals surface area (Å²) in [4.78, 5) is 21.1. The number of carbonyl (C=O) groups excluding carboxylic acids is 1. The summed E-state index contributed by atoms with van der Waals surface area (Å²) in [6.45, 7) is 2.23. The van der Waals surface area contributed by atoms with Crippen molar-refractivity contribution in [3.8, 4) is 23.0 Å². The van der Waals surface area contributed by atoms with Crippen LogP contribution in [0.25, 0.3) is 23.0 Å². The summed E-state index contributed by atoms with van der Waals surface area (Å²) in [5.74, 6) is 0.934. The van der Waals surface area contributed by atoms with Crippen molar-refractivity contribution in [1.82, 2.24) is 25.0 Å². The fraction of sp³-hybridized carbons (Fsp3) is 0.143. The van der Waals surface area contributed by atoms with Crippen LogP contribution < -0.4 is 5.32 Å². The second-order valence-corrected chi connectivity index (χ2v) is 6.49. The zero-order valence-corrected chi connectivity index (χ0v) is 15.7. The Morgan fingerprint density at radius 3 is 2.62 bits per heavy atom. The molecule has 0 aliphatic rings. The van der Waals surface area contributed by atoms with Crippen LogP contribution in [0.1, 0.15) is 11.4 Å². The Balaban J connectivity index is 1.42. The van der Waals surface area contributed by atoms with Crippen LogP contribution in [-0.2, 0) is 17.9 Å². The van der Waals surface area contributed by atoms with Gasteiger partial charge in [-0.1, -0.05) is 35.5 Å². The van der Waals surface area contributed by atoms with Crippen LogP contribution in [0.4, 0.5) is 4.39 Å². The second kappa shape index (κ2) is 8.05.